The number of hydrogen-bond acceptors (Lipinski definition) is 2. The second-order valence-electron chi connectivity index (χ2n) is 7.42. The monoisotopic (exact) mass is 399 g/mol. The maximum atomic E-state index is 5.41. The van der Waals surface area contributed by atoms with Gasteiger partial charge in [0.1, 0.15) is 0 Å². The van der Waals surface area contributed by atoms with Crippen LogP contribution in [-0.4, -0.2) is 19.8 Å². The Morgan fingerprint density at radius 3 is 2.03 bits per heavy atom. The Kier molecular flexibility index (Phi) is 8.74. The molecule has 0 aliphatic rings. The first kappa shape index (κ1) is 21.9. The molecule has 0 aliphatic heterocycles. The van der Waals surface area contributed by atoms with Gasteiger partial charge in [-0.15, -0.1) is 0 Å². The summed E-state index contributed by atoms with van der Waals surface area (Å²) in [7, 11) is 0. The van der Waals surface area contributed by atoms with Gasteiger partial charge in [-0.05, 0) is 60.6 Å². The highest BCUT2D eigenvalue weighted by atomic mass is 16.5. The van der Waals surface area contributed by atoms with E-state index in [-0.39, 0.29) is 0 Å². The molecule has 0 fully saturated rings. The maximum absolute atomic E-state index is 5.41. The maximum Gasteiger partial charge on any atom is 0.0482 e. The van der Waals surface area contributed by atoms with Crippen molar-refractivity contribution in [1.82, 2.24) is 0 Å². The molecular weight excluding hydrogens is 366 g/mol. The van der Waals surface area contributed by atoms with Crippen molar-refractivity contribution in [2.75, 3.05) is 25.1 Å². The number of allylic oxidation sites excluding steroid dienone is 1. The lowest BCUT2D eigenvalue weighted by Gasteiger charge is -2.17. The van der Waals surface area contributed by atoms with Gasteiger partial charge in [0.2, 0.25) is 0 Å². The molecule has 30 heavy (non-hydrogen) atoms. The lowest BCUT2D eigenvalue weighted by molar-refractivity contribution is 0.147. The van der Waals surface area contributed by atoms with Crippen LogP contribution in [0.2, 0.25) is 0 Å². The highest BCUT2D eigenvalue weighted by Crippen LogP contribution is 2.31. The molecule has 0 radical (unpaired) electrons. The topological polar surface area (TPSA) is 21.3 Å². The van der Waals surface area contributed by atoms with E-state index in [0.717, 1.165) is 44.7 Å². The second kappa shape index (κ2) is 12.0. The van der Waals surface area contributed by atoms with Gasteiger partial charge in [0.25, 0.3) is 0 Å². The number of rotatable bonds is 11. The molecule has 0 bridgehead atoms. The van der Waals surface area contributed by atoms with Crippen molar-refractivity contribution >= 4 is 11.3 Å². The first-order valence-electron chi connectivity index (χ1n) is 11.0. The zero-order chi connectivity index (χ0) is 21.0. The van der Waals surface area contributed by atoms with Gasteiger partial charge < -0.3 is 10.1 Å². The second-order valence-corrected chi connectivity index (χ2v) is 7.42. The fraction of sp³-hybridized carbons (Fsp3) is 0.286. The molecule has 0 aromatic heterocycles. The van der Waals surface area contributed by atoms with Crippen molar-refractivity contribution in [2.24, 2.45) is 0 Å². The zero-order valence-corrected chi connectivity index (χ0v) is 18.2. The number of ether oxygens (including phenoxy) is 1. The first-order valence-corrected chi connectivity index (χ1v) is 11.0. The van der Waals surface area contributed by atoms with E-state index in [1.165, 1.54) is 27.8 Å². The van der Waals surface area contributed by atoms with Gasteiger partial charge in [0, 0.05) is 25.4 Å². The van der Waals surface area contributed by atoms with E-state index >= 15 is 0 Å². The summed E-state index contributed by atoms with van der Waals surface area (Å²) < 4.78 is 5.41. The zero-order valence-electron chi connectivity index (χ0n) is 18.2. The van der Waals surface area contributed by atoms with E-state index in [9.17, 15) is 0 Å². The number of hydrogen-bond donors (Lipinski definition) is 1. The molecule has 0 aliphatic carbocycles. The minimum absolute atomic E-state index is 0.784. The normalized spacial score (nSPS) is 11.8. The van der Waals surface area contributed by atoms with E-state index in [1.807, 2.05) is 6.92 Å². The Bertz CT molecular complexity index is 898. The Labute approximate surface area is 181 Å². The van der Waals surface area contributed by atoms with Gasteiger partial charge in [0.05, 0.1) is 0 Å². The molecule has 0 atom stereocenters. The summed E-state index contributed by atoms with van der Waals surface area (Å²) in [6.45, 7) is 6.81. The number of benzene rings is 3. The molecule has 0 saturated carbocycles. The third-order valence-corrected chi connectivity index (χ3v) is 5.28. The summed E-state index contributed by atoms with van der Waals surface area (Å²) in [5.74, 6) is 0. The standard InChI is InChI=1S/C28H33NO/c1-3-24(22-23-12-7-5-8-13-23)28(25-14-9-6-10-15-25)26-16-18-27(19-17-26)29-20-11-21-30-4-2/h5-10,12-19,29H,3-4,11,20-22H2,1-2H3/b28-24-. The van der Waals surface area contributed by atoms with Crippen LogP contribution in [-0.2, 0) is 11.2 Å². The molecule has 0 unspecified atom stereocenters. The van der Waals surface area contributed by atoms with Crippen molar-refractivity contribution in [1.29, 1.82) is 0 Å². The molecule has 1 N–H and O–H groups in total. The summed E-state index contributed by atoms with van der Waals surface area (Å²) >= 11 is 0. The molecule has 2 nitrogen and oxygen atoms in total. The van der Waals surface area contributed by atoms with E-state index in [0.29, 0.717) is 0 Å². The van der Waals surface area contributed by atoms with Crippen LogP contribution in [0.4, 0.5) is 5.69 Å². The largest absolute Gasteiger partial charge is 0.385 e. The van der Waals surface area contributed by atoms with Crippen LogP contribution in [0.15, 0.2) is 90.5 Å². The summed E-state index contributed by atoms with van der Waals surface area (Å²) in [6.07, 6.45) is 3.01. The van der Waals surface area contributed by atoms with Crippen LogP contribution in [0.25, 0.3) is 5.57 Å². The van der Waals surface area contributed by atoms with Gasteiger partial charge in [-0.2, -0.15) is 0 Å². The lowest BCUT2D eigenvalue weighted by atomic mass is 9.88. The van der Waals surface area contributed by atoms with Gasteiger partial charge >= 0.3 is 0 Å². The molecule has 3 aromatic carbocycles. The van der Waals surface area contributed by atoms with Crippen LogP contribution in [0.3, 0.4) is 0 Å². The van der Waals surface area contributed by atoms with Crippen LogP contribution in [0.1, 0.15) is 43.4 Å². The Balaban J connectivity index is 1.85. The molecular formula is C28H33NO. The van der Waals surface area contributed by atoms with E-state index < -0.39 is 0 Å². The van der Waals surface area contributed by atoms with E-state index in [1.54, 1.807) is 0 Å². The van der Waals surface area contributed by atoms with Crippen LogP contribution < -0.4 is 5.32 Å². The van der Waals surface area contributed by atoms with Gasteiger partial charge in [0.15, 0.2) is 0 Å². The quantitative estimate of drug-likeness (QED) is 0.351. The fourth-order valence-electron chi connectivity index (χ4n) is 3.72. The Morgan fingerprint density at radius 1 is 0.767 bits per heavy atom. The van der Waals surface area contributed by atoms with Crippen molar-refractivity contribution in [3.63, 3.8) is 0 Å². The Morgan fingerprint density at radius 2 is 1.40 bits per heavy atom. The average molecular weight is 400 g/mol. The first-order chi connectivity index (χ1) is 14.8. The summed E-state index contributed by atoms with van der Waals surface area (Å²) in [5.41, 5.74) is 7.88. The fourth-order valence-corrected chi connectivity index (χ4v) is 3.72. The summed E-state index contributed by atoms with van der Waals surface area (Å²) in [4.78, 5) is 0. The third kappa shape index (κ3) is 6.33. The van der Waals surface area contributed by atoms with Crippen molar-refractivity contribution in [2.45, 2.75) is 33.1 Å². The molecule has 0 amide bonds. The van der Waals surface area contributed by atoms with E-state index in [4.69, 9.17) is 4.74 Å². The molecule has 3 rings (SSSR count). The van der Waals surface area contributed by atoms with Gasteiger partial charge in [-0.1, -0.05) is 85.3 Å². The van der Waals surface area contributed by atoms with E-state index in [2.05, 4.69) is 97.2 Å². The van der Waals surface area contributed by atoms with Gasteiger partial charge in [-0.25, -0.2) is 0 Å². The lowest BCUT2D eigenvalue weighted by Crippen LogP contribution is -2.05. The molecule has 156 valence electrons. The molecule has 2 heteroatoms. The molecule has 0 spiro atoms. The minimum atomic E-state index is 0.784. The minimum Gasteiger partial charge on any atom is -0.385 e. The van der Waals surface area contributed by atoms with Crippen LogP contribution in [0, 0.1) is 0 Å². The van der Waals surface area contributed by atoms with Crippen molar-refractivity contribution < 1.29 is 4.74 Å². The van der Waals surface area contributed by atoms with Crippen molar-refractivity contribution in [3.05, 3.63) is 107 Å². The van der Waals surface area contributed by atoms with Gasteiger partial charge in [-0.3, -0.25) is 0 Å². The summed E-state index contributed by atoms with van der Waals surface area (Å²) in [5, 5.41) is 3.50. The smallest absolute Gasteiger partial charge is 0.0482 e. The SMILES string of the molecule is CCOCCCNc1ccc(/C(=C(/CC)Cc2ccccc2)c2ccccc2)cc1. The van der Waals surface area contributed by atoms with Crippen molar-refractivity contribution in [3.8, 4) is 0 Å². The predicted octanol–water partition coefficient (Wildman–Crippen LogP) is 6.98. The molecule has 3 aromatic rings. The number of anilines is 1. The molecule has 0 saturated heterocycles. The highest BCUT2D eigenvalue weighted by molar-refractivity contribution is 5.83. The van der Waals surface area contributed by atoms with Crippen LogP contribution >= 0.6 is 0 Å². The summed E-state index contributed by atoms with van der Waals surface area (Å²) in [6, 6.07) is 30.4. The average Bonchev–Trinajstić information content (AvgIpc) is 2.81. The third-order valence-electron chi connectivity index (χ3n) is 5.28. The molecule has 0 heterocycles. The van der Waals surface area contributed by atoms with Crippen LogP contribution in [0.5, 0.6) is 0 Å². The highest BCUT2D eigenvalue weighted by Gasteiger charge is 2.12. The number of nitrogens with one attached hydrogen (secondary N) is 1. The Hall–Kier alpha value is -2.84. The predicted molar refractivity (Wildman–Crippen MR) is 129 cm³/mol.